The Bertz CT molecular complexity index is 864. The van der Waals surface area contributed by atoms with Crippen molar-refractivity contribution in [1.82, 2.24) is 10.3 Å². The number of aromatic nitrogens is 1. The van der Waals surface area contributed by atoms with Gasteiger partial charge in [0.2, 0.25) is 0 Å². The third kappa shape index (κ3) is 5.06. The summed E-state index contributed by atoms with van der Waals surface area (Å²) in [6.45, 7) is 5.31. The van der Waals surface area contributed by atoms with Crippen molar-refractivity contribution < 1.29 is 0 Å². The molecule has 1 saturated heterocycles. The molecule has 4 rings (SSSR count). The smallest absolute Gasteiger partial charge is 0.170 e. The lowest BCUT2D eigenvalue weighted by molar-refractivity contribution is 0.435. The van der Waals surface area contributed by atoms with Crippen molar-refractivity contribution >= 4 is 40.4 Å². The lowest BCUT2D eigenvalue weighted by atomic mass is 9.79. The van der Waals surface area contributed by atoms with Crippen molar-refractivity contribution in [3.8, 4) is 0 Å². The van der Waals surface area contributed by atoms with Gasteiger partial charge in [-0.2, -0.15) is 0 Å². The molecular weight excluding hydrogens is 412 g/mol. The molecule has 1 saturated carbocycles. The molecule has 0 spiro atoms. The van der Waals surface area contributed by atoms with Gasteiger partial charge in [-0.1, -0.05) is 43.5 Å². The Morgan fingerprint density at radius 1 is 1.23 bits per heavy atom. The van der Waals surface area contributed by atoms with E-state index in [0.29, 0.717) is 5.11 Å². The number of rotatable bonds is 5. The summed E-state index contributed by atoms with van der Waals surface area (Å²) in [6, 6.07) is 12.4. The lowest BCUT2D eigenvalue weighted by Gasteiger charge is -2.32. The first-order chi connectivity index (χ1) is 14.5. The van der Waals surface area contributed by atoms with Crippen molar-refractivity contribution in [3.05, 3.63) is 53.2 Å². The highest BCUT2D eigenvalue weighted by molar-refractivity contribution is 7.80. The van der Waals surface area contributed by atoms with Crippen LogP contribution in [0.1, 0.15) is 51.0 Å². The molecule has 0 bridgehead atoms. The SMILES string of the molecule is C[C@H]1CCCN(c2ccc(NC(=S)NCC3(c4cccc(Cl)c4)CCCC3)cn2)C1. The van der Waals surface area contributed by atoms with Crippen LogP contribution in [0.4, 0.5) is 11.5 Å². The number of benzene rings is 1. The largest absolute Gasteiger partial charge is 0.362 e. The molecule has 1 aliphatic heterocycles. The number of thiocarbonyl (C=S) groups is 1. The van der Waals surface area contributed by atoms with E-state index in [2.05, 4.69) is 51.7 Å². The summed E-state index contributed by atoms with van der Waals surface area (Å²) in [5, 5.41) is 8.20. The molecule has 1 aromatic carbocycles. The Labute approximate surface area is 190 Å². The van der Waals surface area contributed by atoms with Crippen LogP contribution >= 0.6 is 23.8 Å². The minimum absolute atomic E-state index is 0.101. The van der Waals surface area contributed by atoms with E-state index < -0.39 is 0 Å². The molecule has 160 valence electrons. The number of pyridine rings is 1. The fourth-order valence-corrected chi connectivity index (χ4v) is 5.29. The van der Waals surface area contributed by atoms with Crippen molar-refractivity contribution in [2.75, 3.05) is 29.9 Å². The Kier molecular flexibility index (Phi) is 6.79. The highest BCUT2D eigenvalue weighted by atomic mass is 35.5. The summed E-state index contributed by atoms with van der Waals surface area (Å²) < 4.78 is 0. The third-order valence-electron chi connectivity index (χ3n) is 6.57. The third-order valence-corrected chi connectivity index (χ3v) is 7.05. The molecule has 2 fully saturated rings. The van der Waals surface area contributed by atoms with Crippen LogP contribution in [0.25, 0.3) is 0 Å². The van der Waals surface area contributed by atoms with E-state index in [1.54, 1.807) is 0 Å². The van der Waals surface area contributed by atoms with Crippen LogP contribution in [0.3, 0.4) is 0 Å². The minimum atomic E-state index is 0.101. The van der Waals surface area contributed by atoms with Crippen LogP contribution in [0.5, 0.6) is 0 Å². The zero-order valence-corrected chi connectivity index (χ0v) is 19.2. The summed E-state index contributed by atoms with van der Waals surface area (Å²) in [5.74, 6) is 1.79. The number of anilines is 2. The van der Waals surface area contributed by atoms with Crippen LogP contribution in [0.15, 0.2) is 42.6 Å². The first-order valence-electron chi connectivity index (χ1n) is 11.1. The Hall–Kier alpha value is -1.85. The van der Waals surface area contributed by atoms with Gasteiger partial charge in [0.15, 0.2) is 5.11 Å². The second-order valence-corrected chi connectivity index (χ2v) is 9.75. The molecule has 30 heavy (non-hydrogen) atoms. The maximum absolute atomic E-state index is 6.26. The van der Waals surface area contributed by atoms with E-state index in [4.69, 9.17) is 23.8 Å². The van der Waals surface area contributed by atoms with E-state index in [9.17, 15) is 0 Å². The van der Waals surface area contributed by atoms with Gasteiger partial charge in [0, 0.05) is 30.1 Å². The number of halogens is 1. The first-order valence-corrected chi connectivity index (χ1v) is 11.8. The number of hydrogen-bond acceptors (Lipinski definition) is 3. The average molecular weight is 443 g/mol. The Morgan fingerprint density at radius 2 is 2.07 bits per heavy atom. The molecule has 1 aromatic heterocycles. The van der Waals surface area contributed by atoms with E-state index in [-0.39, 0.29) is 5.41 Å². The van der Waals surface area contributed by atoms with Gasteiger partial charge in [-0.25, -0.2) is 4.98 Å². The lowest BCUT2D eigenvalue weighted by Crippen LogP contribution is -2.40. The van der Waals surface area contributed by atoms with E-state index in [0.717, 1.165) is 54.9 Å². The minimum Gasteiger partial charge on any atom is -0.362 e. The number of hydrogen-bond donors (Lipinski definition) is 2. The van der Waals surface area contributed by atoms with Gasteiger partial charge >= 0.3 is 0 Å². The summed E-state index contributed by atoms with van der Waals surface area (Å²) >= 11 is 11.8. The van der Waals surface area contributed by atoms with Gasteiger partial charge in [-0.3, -0.25) is 0 Å². The van der Waals surface area contributed by atoms with Crippen molar-refractivity contribution in [1.29, 1.82) is 0 Å². The van der Waals surface area contributed by atoms with Crippen LogP contribution in [0, 0.1) is 5.92 Å². The Balaban J connectivity index is 1.35. The van der Waals surface area contributed by atoms with Gasteiger partial charge in [0.1, 0.15) is 5.82 Å². The van der Waals surface area contributed by atoms with Gasteiger partial charge in [-0.05, 0) is 73.6 Å². The standard InChI is InChI=1S/C24H31ClN4S/c1-18-6-5-13-29(16-18)22-10-9-21(15-26-22)28-23(30)27-17-24(11-2-3-12-24)19-7-4-8-20(25)14-19/h4,7-10,14-15,18H,2-3,5-6,11-13,16-17H2,1H3,(H2,27,28,30)/t18-/m0/s1. The molecule has 1 atom stereocenters. The van der Waals surface area contributed by atoms with Gasteiger partial charge in [0.05, 0.1) is 11.9 Å². The molecule has 2 aliphatic rings. The quantitative estimate of drug-likeness (QED) is 0.575. The number of piperidine rings is 1. The van der Waals surface area contributed by atoms with Crippen LogP contribution < -0.4 is 15.5 Å². The fraction of sp³-hybridized carbons (Fsp3) is 0.500. The topological polar surface area (TPSA) is 40.2 Å². The molecule has 4 nitrogen and oxygen atoms in total. The highest BCUT2D eigenvalue weighted by Crippen LogP contribution is 2.41. The second-order valence-electron chi connectivity index (χ2n) is 8.90. The van der Waals surface area contributed by atoms with Gasteiger partial charge in [-0.15, -0.1) is 0 Å². The molecule has 2 heterocycles. The molecule has 0 amide bonds. The average Bonchev–Trinajstić information content (AvgIpc) is 3.23. The molecule has 1 aliphatic carbocycles. The molecule has 6 heteroatoms. The van der Waals surface area contributed by atoms with Crippen molar-refractivity contribution in [3.63, 3.8) is 0 Å². The number of nitrogens with one attached hydrogen (secondary N) is 2. The van der Waals surface area contributed by atoms with Crippen LogP contribution in [-0.2, 0) is 5.41 Å². The van der Waals surface area contributed by atoms with Gasteiger partial charge in [0.25, 0.3) is 0 Å². The summed E-state index contributed by atoms with van der Waals surface area (Å²) in [5.41, 5.74) is 2.33. The Morgan fingerprint density at radius 3 is 2.77 bits per heavy atom. The van der Waals surface area contributed by atoms with Gasteiger partial charge < -0.3 is 15.5 Å². The molecule has 0 unspecified atom stereocenters. The normalized spacial score (nSPS) is 20.7. The molecule has 2 aromatic rings. The summed E-state index contributed by atoms with van der Waals surface area (Å²) in [6.07, 6.45) is 9.24. The molecule has 0 radical (unpaired) electrons. The van der Waals surface area contributed by atoms with E-state index in [1.165, 1.54) is 31.2 Å². The zero-order chi connectivity index (χ0) is 21.0. The highest BCUT2D eigenvalue weighted by Gasteiger charge is 2.35. The zero-order valence-electron chi connectivity index (χ0n) is 17.7. The van der Waals surface area contributed by atoms with Crippen LogP contribution in [0.2, 0.25) is 5.02 Å². The molecular formula is C24H31ClN4S. The molecule has 2 N–H and O–H groups in total. The predicted molar refractivity (Wildman–Crippen MR) is 131 cm³/mol. The maximum atomic E-state index is 6.26. The summed E-state index contributed by atoms with van der Waals surface area (Å²) in [7, 11) is 0. The predicted octanol–water partition coefficient (Wildman–Crippen LogP) is 5.77. The summed E-state index contributed by atoms with van der Waals surface area (Å²) in [4.78, 5) is 7.04. The number of nitrogens with zero attached hydrogens (tertiary/aromatic N) is 2. The van der Waals surface area contributed by atoms with Crippen molar-refractivity contribution in [2.24, 2.45) is 5.92 Å². The second kappa shape index (κ2) is 9.52. The first kappa shape index (κ1) is 21.4. The van der Waals surface area contributed by atoms with Crippen LogP contribution in [-0.4, -0.2) is 29.7 Å². The fourth-order valence-electron chi connectivity index (χ4n) is 4.91. The monoisotopic (exact) mass is 442 g/mol. The maximum Gasteiger partial charge on any atom is 0.170 e. The van der Waals surface area contributed by atoms with Crippen molar-refractivity contribution in [2.45, 2.75) is 50.9 Å². The van der Waals surface area contributed by atoms with E-state index in [1.807, 2.05) is 18.3 Å². The van der Waals surface area contributed by atoms with E-state index >= 15 is 0 Å².